The molecule has 1 heterocycles. The molecule has 0 amide bonds. The van der Waals surface area contributed by atoms with Gasteiger partial charge in [0.1, 0.15) is 3.70 Å². The maximum absolute atomic E-state index is 4.40. The van der Waals surface area contributed by atoms with Crippen LogP contribution in [-0.4, -0.2) is 4.98 Å². The standard InChI is InChI=1S/C10H8IN/c1-7-2-4-9-8(6-7)3-5-10(11)12-9/h2-6H,1H3. The lowest BCUT2D eigenvalue weighted by Gasteiger charge is -1.98. The molecule has 0 N–H and O–H groups in total. The van der Waals surface area contributed by atoms with E-state index < -0.39 is 0 Å². The molecule has 0 spiro atoms. The van der Waals surface area contributed by atoms with Crippen LogP contribution in [0, 0.1) is 10.6 Å². The molecule has 0 aliphatic heterocycles. The van der Waals surface area contributed by atoms with Crippen molar-refractivity contribution in [2.45, 2.75) is 6.92 Å². The van der Waals surface area contributed by atoms with E-state index in [0.717, 1.165) is 9.22 Å². The summed E-state index contributed by atoms with van der Waals surface area (Å²) in [6, 6.07) is 10.4. The lowest BCUT2D eigenvalue weighted by molar-refractivity contribution is 1.34. The number of pyridine rings is 1. The van der Waals surface area contributed by atoms with Gasteiger partial charge in [0.05, 0.1) is 5.52 Å². The topological polar surface area (TPSA) is 12.9 Å². The first-order chi connectivity index (χ1) is 5.75. The van der Waals surface area contributed by atoms with Gasteiger partial charge in [0, 0.05) is 5.39 Å². The highest BCUT2D eigenvalue weighted by molar-refractivity contribution is 14.1. The van der Waals surface area contributed by atoms with E-state index in [2.05, 4.69) is 58.8 Å². The van der Waals surface area contributed by atoms with E-state index in [1.54, 1.807) is 0 Å². The highest BCUT2D eigenvalue weighted by Crippen LogP contribution is 2.14. The summed E-state index contributed by atoms with van der Waals surface area (Å²) in [5, 5.41) is 1.22. The number of hydrogen-bond acceptors (Lipinski definition) is 1. The van der Waals surface area contributed by atoms with Gasteiger partial charge in [-0.3, -0.25) is 0 Å². The number of fused-ring (bicyclic) bond motifs is 1. The van der Waals surface area contributed by atoms with Gasteiger partial charge < -0.3 is 0 Å². The third-order valence-corrected chi connectivity index (χ3v) is 2.41. The molecule has 0 aliphatic rings. The SMILES string of the molecule is Cc1ccc2nc(I)ccc2c1. The van der Waals surface area contributed by atoms with Crippen molar-refractivity contribution < 1.29 is 0 Å². The van der Waals surface area contributed by atoms with Crippen molar-refractivity contribution in [3.8, 4) is 0 Å². The molecule has 12 heavy (non-hydrogen) atoms. The summed E-state index contributed by atoms with van der Waals surface area (Å²) >= 11 is 2.23. The smallest absolute Gasteiger partial charge is 0.102 e. The van der Waals surface area contributed by atoms with Crippen molar-refractivity contribution in [2.24, 2.45) is 0 Å². The molecule has 0 fully saturated rings. The molecule has 60 valence electrons. The molecular formula is C10H8IN. The van der Waals surface area contributed by atoms with Crippen molar-refractivity contribution in [3.63, 3.8) is 0 Å². The summed E-state index contributed by atoms with van der Waals surface area (Å²) in [5.41, 5.74) is 2.36. The molecule has 0 saturated heterocycles. The average molecular weight is 269 g/mol. The van der Waals surface area contributed by atoms with Crippen LogP contribution in [0.4, 0.5) is 0 Å². The van der Waals surface area contributed by atoms with Gasteiger partial charge in [-0.05, 0) is 47.7 Å². The lowest BCUT2D eigenvalue weighted by atomic mass is 10.1. The molecule has 0 radical (unpaired) electrons. The van der Waals surface area contributed by atoms with E-state index in [1.165, 1.54) is 10.9 Å². The summed E-state index contributed by atoms with van der Waals surface area (Å²) < 4.78 is 1.05. The zero-order valence-corrected chi connectivity index (χ0v) is 8.87. The van der Waals surface area contributed by atoms with Crippen molar-refractivity contribution >= 4 is 33.5 Å². The third-order valence-electron chi connectivity index (χ3n) is 1.81. The van der Waals surface area contributed by atoms with E-state index in [1.807, 2.05) is 6.07 Å². The van der Waals surface area contributed by atoms with Gasteiger partial charge in [-0.25, -0.2) is 4.98 Å². The first-order valence-electron chi connectivity index (χ1n) is 3.78. The summed E-state index contributed by atoms with van der Waals surface area (Å²) in [6.45, 7) is 2.09. The second-order valence-corrected chi connectivity index (χ2v) is 3.94. The first-order valence-corrected chi connectivity index (χ1v) is 4.86. The Morgan fingerprint density at radius 2 is 2.00 bits per heavy atom. The van der Waals surface area contributed by atoms with E-state index >= 15 is 0 Å². The van der Waals surface area contributed by atoms with Crippen molar-refractivity contribution in [2.75, 3.05) is 0 Å². The fourth-order valence-electron chi connectivity index (χ4n) is 1.22. The summed E-state index contributed by atoms with van der Waals surface area (Å²) in [6.07, 6.45) is 0. The number of benzene rings is 1. The van der Waals surface area contributed by atoms with Crippen molar-refractivity contribution in [1.29, 1.82) is 0 Å². The van der Waals surface area contributed by atoms with Crippen molar-refractivity contribution in [1.82, 2.24) is 4.98 Å². The van der Waals surface area contributed by atoms with Crippen LogP contribution in [-0.2, 0) is 0 Å². The van der Waals surface area contributed by atoms with Gasteiger partial charge in [-0.15, -0.1) is 0 Å². The minimum absolute atomic E-state index is 1.05. The molecular weight excluding hydrogens is 261 g/mol. The van der Waals surface area contributed by atoms with Gasteiger partial charge in [0.25, 0.3) is 0 Å². The predicted molar refractivity (Wildman–Crippen MR) is 59.2 cm³/mol. The monoisotopic (exact) mass is 269 g/mol. The second kappa shape index (κ2) is 3.01. The Morgan fingerprint density at radius 3 is 2.83 bits per heavy atom. The number of hydrogen-bond donors (Lipinski definition) is 0. The van der Waals surface area contributed by atoms with E-state index in [0.29, 0.717) is 0 Å². The predicted octanol–water partition coefficient (Wildman–Crippen LogP) is 3.15. The van der Waals surface area contributed by atoms with Crippen LogP contribution >= 0.6 is 22.6 Å². The molecule has 0 unspecified atom stereocenters. The maximum Gasteiger partial charge on any atom is 0.102 e. The van der Waals surface area contributed by atoms with Crippen LogP contribution in [0.25, 0.3) is 10.9 Å². The number of nitrogens with zero attached hydrogens (tertiary/aromatic N) is 1. The number of rotatable bonds is 0. The number of halogens is 1. The zero-order valence-electron chi connectivity index (χ0n) is 6.71. The first kappa shape index (κ1) is 7.98. The molecule has 1 aromatic heterocycles. The van der Waals surface area contributed by atoms with E-state index in [-0.39, 0.29) is 0 Å². The van der Waals surface area contributed by atoms with Crippen LogP contribution < -0.4 is 0 Å². The third kappa shape index (κ3) is 1.43. The molecule has 1 nitrogen and oxygen atoms in total. The minimum atomic E-state index is 1.05. The van der Waals surface area contributed by atoms with Crippen LogP contribution in [0.1, 0.15) is 5.56 Å². The Morgan fingerprint density at radius 1 is 1.17 bits per heavy atom. The Kier molecular flexibility index (Phi) is 2.00. The summed E-state index contributed by atoms with van der Waals surface area (Å²) in [5.74, 6) is 0. The van der Waals surface area contributed by atoms with Crippen molar-refractivity contribution in [3.05, 3.63) is 39.6 Å². The fourth-order valence-corrected chi connectivity index (χ4v) is 1.66. The molecule has 1 aromatic carbocycles. The molecule has 2 rings (SSSR count). The molecule has 0 saturated carbocycles. The minimum Gasteiger partial charge on any atom is -0.242 e. The number of aromatic nitrogens is 1. The van der Waals surface area contributed by atoms with Gasteiger partial charge in [-0.2, -0.15) is 0 Å². The van der Waals surface area contributed by atoms with Gasteiger partial charge >= 0.3 is 0 Å². The molecule has 2 heteroatoms. The quantitative estimate of drug-likeness (QED) is 0.529. The van der Waals surface area contributed by atoms with Crippen LogP contribution in [0.2, 0.25) is 0 Å². The second-order valence-electron chi connectivity index (χ2n) is 2.83. The highest BCUT2D eigenvalue weighted by Gasteiger charge is 1.94. The van der Waals surface area contributed by atoms with Gasteiger partial charge in [0.2, 0.25) is 0 Å². The molecule has 0 atom stereocenters. The van der Waals surface area contributed by atoms with Crippen LogP contribution in [0.15, 0.2) is 30.3 Å². The maximum atomic E-state index is 4.40. The highest BCUT2D eigenvalue weighted by atomic mass is 127. The lowest BCUT2D eigenvalue weighted by Crippen LogP contribution is -1.82. The Balaban J connectivity index is 2.79. The Labute approximate surface area is 85.0 Å². The van der Waals surface area contributed by atoms with E-state index in [9.17, 15) is 0 Å². The number of aryl methyl sites for hydroxylation is 1. The van der Waals surface area contributed by atoms with Gasteiger partial charge in [0.15, 0.2) is 0 Å². The molecule has 0 aliphatic carbocycles. The average Bonchev–Trinajstić information content (AvgIpc) is 2.05. The zero-order chi connectivity index (χ0) is 8.55. The Bertz CT molecular complexity index is 382. The van der Waals surface area contributed by atoms with E-state index in [4.69, 9.17) is 0 Å². The molecule has 2 aromatic rings. The van der Waals surface area contributed by atoms with Crippen LogP contribution in [0.3, 0.4) is 0 Å². The normalized spacial score (nSPS) is 10.5. The molecule has 0 bridgehead atoms. The fraction of sp³-hybridized carbons (Fsp3) is 0.100. The van der Waals surface area contributed by atoms with Gasteiger partial charge in [-0.1, -0.05) is 17.7 Å². The summed E-state index contributed by atoms with van der Waals surface area (Å²) in [7, 11) is 0. The Hall–Kier alpha value is -0.640. The summed E-state index contributed by atoms with van der Waals surface area (Å²) in [4.78, 5) is 4.40. The van der Waals surface area contributed by atoms with Crippen LogP contribution in [0.5, 0.6) is 0 Å². The largest absolute Gasteiger partial charge is 0.242 e.